The van der Waals surface area contributed by atoms with E-state index in [4.69, 9.17) is 0 Å². The number of aliphatic hydroxyl groups excluding tert-OH is 1. The molecule has 0 aliphatic heterocycles. The van der Waals surface area contributed by atoms with Crippen LogP contribution >= 0.6 is 15.9 Å². The SMILES string of the molecule is CC(O)CC(C)(C)CNC(=O)c1cc(Br)ccc1F. The summed E-state index contributed by atoms with van der Waals surface area (Å²) in [5.41, 5.74) is -0.228. The van der Waals surface area contributed by atoms with E-state index in [0.29, 0.717) is 17.4 Å². The summed E-state index contributed by atoms with van der Waals surface area (Å²) in [5, 5.41) is 12.1. The molecule has 0 spiro atoms. The molecule has 1 unspecified atom stereocenters. The van der Waals surface area contributed by atoms with Crippen LogP contribution in [0.1, 0.15) is 37.6 Å². The first-order valence-electron chi connectivity index (χ1n) is 6.12. The first-order valence-corrected chi connectivity index (χ1v) is 6.92. The average Bonchev–Trinajstić information content (AvgIpc) is 2.27. The minimum atomic E-state index is -0.547. The number of aliphatic hydroxyl groups is 1. The van der Waals surface area contributed by atoms with Crippen LogP contribution in [0.25, 0.3) is 0 Å². The van der Waals surface area contributed by atoms with Gasteiger partial charge in [0.05, 0.1) is 11.7 Å². The molecular weight excluding hydrogens is 313 g/mol. The Morgan fingerprint density at radius 2 is 2.16 bits per heavy atom. The van der Waals surface area contributed by atoms with E-state index in [-0.39, 0.29) is 11.0 Å². The molecule has 19 heavy (non-hydrogen) atoms. The van der Waals surface area contributed by atoms with Gasteiger partial charge in [-0.2, -0.15) is 0 Å². The summed E-state index contributed by atoms with van der Waals surface area (Å²) in [6.07, 6.45) is 0.128. The van der Waals surface area contributed by atoms with Crippen molar-refractivity contribution < 1.29 is 14.3 Å². The Bertz CT molecular complexity index is 461. The fourth-order valence-corrected chi connectivity index (χ4v) is 2.32. The van der Waals surface area contributed by atoms with Crippen LogP contribution in [0.15, 0.2) is 22.7 Å². The molecule has 2 N–H and O–H groups in total. The zero-order chi connectivity index (χ0) is 14.6. The van der Waals surface area contributed by atoms with Crippen LogP contribution in [0.3, 0.4) is 0 Å². The standard InChI is InChI=1S/C14H19BrFNO2/c1-9(18)7-14(2,3)8-17-13(19)11-6-10(15)4-5-12(11)16/h4-6,9,18H,7-8H2,1-3H3,(H,17,19). The molecule has 106 valence electrons. The third kappa shape index (κ3) is 5.28. The highest BCUT2D eigenvalue weighted by Crippen LogP contribution is 2.22. The van der Waals surface area contributed by atoms with Crippen molar-refractivity contribution in [2.45, 2.75) is 33.3 Å². The lowest BCUT2D eigenvalue weighted by atomic mass is 9.87. The van der Waals surface area contributed by atoms with Crippen molar-refractivity contribution in [1.29, 1.82) is 0 Å². The Hall–Kier alpha value is -0.940. The van der Waals surface area contributed by atoms with E-state index in [1.165, 1.54) is 12.1 Å². The number of carbonyl (C=O) groups excluding carboxylic acids is 1. The molecule has 0 saturated heterocycles. The molecular formula is C14H19BrFNO2. The van der Waals surface area contributed by atoms with Crippen LogP contribution < -0.4 is 5.32 Å². The van der Waals surface area contributed by atoms with Crippen LogP contribution in [0, 0.1) is 11.2 Å². The van der Waals surface area contributed by atoms with Gasteiger partial charge in [0.15, 0.2) is 0 Å². The van der Waals surface area contributed by atoms with E-state index in [0.717, 1.165) is 0 Å². The molecule has 0 bridgehead atoms. The topological polar surface area (TPSA) is 49.3 Å². The number of nitrogens with one attached hydrogen (secondary N) is 1. The van der Waals surface area contributed by atoms with Crippen molar-refractivity contribution in [2.75, 3.05) is 6.54 Å². The van der Waals surface area contributed by atoms with Crippen molar-refractivity contribution in [3.05, 3.63) is 34.1 Å². The monoisotopic (exact) mass is 331 g/mol. The molecule has 0 saturated carbocycles. The maximum atomic E-state index is 13.5. The summed E-state index contributed by atoms with van der Waals surface area (Å²) in [5.74, 6) is -0.994. The Morgan fingerprint density at radius 1 is 1.53 bits per heavy atom. The molecule has 0 heterocycles. The third-order valence-electron chi connectivity index (χ3n) is 2.75. The van der Waals surface area contributed by atoms with E-state index in [1.54, 1.807) is 13.0 Å². The maximum absolute atomic E-state index is 13.5. The first-order chi connectivity index (χ1) is 8.71. The lowest BCUT2D eigenvalue weighted by Gasteiger charge is -2.26. The summed E-state index contributed by atoms with van der Waals surface area (Å²) >= 11 is 3.21. The fourth-order valence-electron chi connectivity index (χ4n) is 1.96. The first kappa shape index (κ1) is 16.1. The highest BCUT2D eigenvalue weighted by molar-refractivity contribution is 9.10. The Balaban J connectivity index is 2.68. The molecule has 0 aromatic heterocycles. The summed E-state index contributed by atoms with van der Waals surface area (Å²) < 4.78 is 14.2. The number of hydrogen-bond acceptors (Lipinski definition) is 2. The van der Waals surface area contributed by atoms with Gasteiger partial charge >= 0.3 is 0 Å². The molecule has 3 nitrogen and oxygen atoms in total. The van der Waals surface area contributed by atoms with Crippen molar-refractivity contribution >= 4 is 21.8 Å². The molecule has 1 rings (SSSR count). The quantitative estimate of drug-likeness (QED) is 0.870. The minimum absolute atomic E-state index is 0.0159. The van der Waals surface area contributed by atoms with Gasteiger partial charge in [0, 0.05) is 11.0 Å². The van der Waals surface area contributed by atoms with Gasteiger partial charge in [0.1, 0.15) is 5.82 Å². The summed E-state index contributed by atoms with van der Waals surface area (Å²) in [4.78, 5) is 11.9. The van der Waals surface area contributed by atoms with Crippen LogP contribution in [-0.4, -0.2) is 23.7 Å². The molecule has 0 radical (unpaired) electrons. The van der Waals surface area contributed by atoms with Gasteiger partial charge in [-0.25, -0.2) is 4.39 Å². The Kier molecular flexibility index (Phi) is 5.50. The second-order valence-corrected chi connectivity index (χ2v) is 6.44. The van der Waals surface area contributed by atoms with Crippen LogP contribution in [-0.2, 0) is 0 Å². The largest absolute Gasteiger partial charge is 0.393 e. The summed E-state index contributed by atoms with van der Waals surface area (Å²) in [6, 6.07) is 4.25. The molecule has 1 atom stereocenters. The van der Waals surface area contributed by atoms with Crippen molar-refractivity contribution in [1.82, 2.24) is 5.32 Å². The van der Waals surface area contributed by atoms with E-state index < -0.39 is 17.8 Å². The van der Waals surface area contributed by atoms with Gasteiger partial charge in [-0.15, -0.1) is 0 Å². The van der Waals surface area contributed by atoms with Gasteiger partial charge in [-0.3, -0.25) is 4.79 Å². The van der Waals surface area contributed by atoms with Gasteiger partial charge < -0.3 is 10.4 Å². The highest BCUT2D eigenvalue weighted by Gasteiger charge is 2.22. The van der Waals surface area contributed by atoms with Crippen molar-refractivity contribution in [2.24, 2.45) is 5.41 Å². The second-order valence-electron chi connectivity index (χ2n) is 5.52. The van der Waals surface area contributed by atoms with E-state index in [2.05, 4.69) is 21.2 Å². The van der Waals surface area contributed by atoms with Crippen LogP contribution in [0.2, 0.25) is 0 Å². The van der Waals surface area contributed by atoms with Crippen LogP contribution in [0.4, 0.5) is 4.39 Å². The number of benzene rings is 1. The molecule has 5 heteroatoms. The lowest BCUT2D eigenvalue weighted by Crippen LogP contribution is -2.36. The molecule has 0 aliphatic carbocycles. The number of carbonyl (C=O) groups is 1. The highest BCUT2D eigenvalue weighted by atomic mass is 79.9. The van der Waals surface area contributed by atoms with Gasteiger partial charge in [0.2, 0.25) is 0 Å². The second kappa shape index (κ2) is 6.48. The molecule has 1 aromatic rings. The Morgan fingerprint density at radius 3 is 2.74 bits per heavy atom. The Labute approximate surface area is 121 Å². The minimum Gasteiger partial charge on any atom is -0.393 e. The zero-order valence-electron chi connectivity index (χ0n) is 11.3. The number of rotatable bonds is 5. The third-order valence-corrected chi connectivity index (χ3v) is 3.24. The van der Waals surface area contributed by atoms with E-state index >= 15 is 0 Å². The lowest BCUT2D eigenvalue weighted by molar-refractivity contribution is 0.0898. The molecule has 0 fully saturated rings. The maximum Gasteiger partial charge on any atom is 0.254 e. The fraction of sp³-hybridized carbons (Fsp3) is 0.500. The van der Waals surface area contributed by atoms with Gasteiger partial charge in [0.25, 0.3) is 5.91 Å². The zero-order valence-corrected chi connectivity index (χ0v) is 12.9. The normalized spacial score (nSPS) is 13.2. The van der Waals surface area contributed by atoms with E-state index in [9.17, 15) is 14.3 Å². The van der Waals surface area contributed by atoms with E-state index in [1.807, 2.05) is 13.8 Å². The predicted molar refractivity (Wildman–Crippen MR) is 76.5 cm³/mol. The smallest absolute Gasteiger partial charge is 0.254 e. The van der Waals surface area contributed by atoms with Gasteiger partial charge in [-0.05, 0) is 37.0 Å². The average molecular weight is 332 g/mol. The summed E-state index contributed by atoms with van der Waals surface area (Å²) in [6.45, 7) is 5.97. The number of hydrogen-bond donors (Lipinski definition) is 2. The summed E-state index contributed by atoms with van der Waals surface area (Å²) in [7, 11) is 0. The number of amides is 1. The van der Waals surface area contributed by atoms with Gasteiger partial charge in [-0.1, -0.05) is 29.8 Å². The molecule has 0 aliphatic rings. The predicted octanol–water partition coefficient (Wildman–Crippen LogP) is 3.12. The van der Waals surface area contributed by atoms with Crippen molar-refractivity contribution in [3.63, 3.8) is 0 Å². The van der Waals surface area contributed by atoms with Crippen LogP contribution in [0.5, 0.6) is 0 Å². The molecule has 1 aromatic carbocycles. The molecule has 1 amide bonds. The van der Waals surface area contributed by atoms with Crippen molar-refractivity contribution in [3.8, 4) is 0 Å². The number of halogens is 2.